The number of anilines is 1. The highest BCUT2D eigenvalue weighted by molar-refractivity contribution is 6.39. The Morgan fingerprint density at radius 3 is 1.75 bits per heavy atom. The fraction of sp³-hybridized carbons (Fsp3) is 0.281. The number of hydrogen-bond acceptors (Lipinski definition) is 7. The molecule has 2 aliphatic rings. The highest BCUT2D eigenvalue weighted by Crippen LogP contribution is 2.41. The minimum Gasteiger partial charge on any atom is -0.479 e. The Kier molecular flexibility index (Phi) is 11.5. The van der Waals surface area contributed by atoms with Gasteiger partial charge < -0.3 is 20.2 Å². The lowest BCUT2D eigenvalue weighted by atomic mass is 9.82. The van der Waals surface area contributed by atoms with Crippen molar-refractivity contribution in [2.24, 2.45) is 10.3 Å². The van der Waals surface area contributed by atoms with Crippen molar-refractivity contribution < 1.29 is 34.5 Å². The van der Waals surface area contributed by atoms with Crippen LogP contribution in [0, 0.1) is 0 Å². The van der Waals surface area contributed by atoms with Gasteiger partial charge in [-0.15, -0.1) is 0 Å². The molecule has 0 aromatic heterocycles. The molecule has 44 heavy (non-hydrogen) atoms. The molecule has 0 saturated carbocycles. The summed E-state index contributed by atoms with van der Waals surface area (Å²) in [4.78, 5) is 39.2. The average molecular weight is 643 g/mol. The smallest absolute Gasteiger partial charge is 0.353 e. The van der Waals surface area contributed by atoms with Crippen LogP contribution in [0.3, 0.4) is 0 Å². The zero-order valence-electron chi connectivity index (χ0n) is 24.4. The zero-order chi connectivity index (χ0) is 32.5. The molecule has 2 aliphatic heterocycles. The Balaban J connectivity index is 0.000000215. The molecule has 1 atom stereocenters. The molecule has 232 valence electrons. The van der Waals surface area contributed by atoms with Gasteiger partial charge in [-0.2, -0.15) is 5.10 Å². The molecule has 2 heterocycles. The molecule has 3 N–H and O–H groups in total. The molecule has 3 aromatic rings. The third-order valence-corrected chi connectivity index (χ3v) is 7.54. The van der Waals surface area contributed by atoms with Crippen LogP contribution in [0.1, 0.15) is 57.6 Å². The second-order valence-electron chi connectivity index (χ2n) is 10.2. The van der Waals surface area contributed by atoms with Gasteiger partial charge in [0.25, 0.3) is 0 Å². The predicted molar refractivity (Wildman–Crippen MR) is 170 cm³/mol. The number of hydrogen-bond donors (Lipinski definition) is 3. The van der Waals surface area contributed by atoms with Crippen molar-refractivity contribution in [3.63, 3.8) is 0 Å². The molecule has 0 radical (unpaired) electrons. The quantitative estimate of drug-likeness (QED) is 0.248. The van der Waals surface area contributed by atoms with E-state index in [1.165, 1.54) is 38.0 Å². The third-order valence-electron chi connectivity index (χ3n) is 7.00. The minimum absolute atomic E-state index is 0.0395. The van der Waals surface area contributed by atoms with Gasteiger partial charge in [-0.3, -0.25) is 0 Å². The second-order valence-corrected chi connectivity index (χ2v) is 11.0. The lowest BCUT2D eigenvalue weighted by molar-refractivity contribution is -0.142. The van der Waals surface area contributed by atoms with Crippen LogP contribution in [0.15, 0.2) is 89.1 Å². The number of rotatable bonds is 7. The summed E-state index contributed by atoms with van der Waals surface area (Å²) in [6.07, 6.45) is 2.63. The van der Waals surface area contributed by atoms with Crippen molar-refractivity contribution >= 4 is 58.2 Å². The monoisotopic (exact) mass is 641 g/mol. The Morgan fingerprint density at radius 1 is 0.818 bits per heavy atom. The van der Waals surface area contributed by atoms with Crippen molar-refractivity contribution in [1.82, 2.24) is 0 Å². The lowest BCUT2D eigenvalue weighted by Gasteiger charge is -2.30. The number of carboxylic acids is 3. The second kappa shape index (κ2) is 14.9. The molecular formula is C32H33Cl2N3O7. The van der Waals surface area contributed by atoms with Gasteiger partial charge in [0.1, 0.15) is 5.71 Å². The molecule has 0 spiro atoms. The van der Waals surface area contributed by atoms with E-state index < -0.39 is 29.0 Å². The van der Waals surface area contributed by atoms with Crippen LogP contribution in [0.4, 0.5) is 5.69 Å². The van der Waals surface area contributed by atoms with Crippen molar-refractivity contribution in [2.75, 3.05) is 5.01 Å². The summed E-state index contributed by atoms with van der Waals surface area (Å²) in [5, 5.41) is 36.8. The maximum Gasteiger partial charge on any atom is 0.353 e. The predicted octanol–water partition coefficient (Wildman–Crippen LogP) is 7.08. The maximum absolute atomic E-state index is 11.5. The van der Waals surface area contributed by atoms with Gasteiger partial charge in [0.2, 0.25) is 0 Å². The number of halogens is 2. The Bertz CT molecular complexity index is 1510. The summed E-state index contributed by atoms with van der Waals surface area (Å²) in [5.41, 5.74) is -0.477. The number of aliphatic carboxylic acids is 3. The van der Waals surface area contributed by atoms with Crippen molar-refractivity contribution in [3.8, 4) is 0 Å². The molecule has 3 aromatic carbocycles. The topological polar surface area (TPSA) is 149 Å². The van der Waals surface area contributed by atoms with E-state index in [9.17, 15) is 19.5 Å². The van der Waals surface area contributed by atoms with Gasteiger partial charge in [0.15, 0.2) is 16.9 Å². The summed E-state index contributed by atoms with van der Waals surface area (Å²) in [7, 11) is 0. The first-order valence-corrected chi connectivity index (χ1v) is 14.5. The van der Waals surface area contributed by atoms with E-state index in [1.54, 1.807) is 0 Å². The van der Waals surface area contributed by atoms with E-state index in [1.807, 2.05) is 60.7 Å². The van der Waals surface area contributed by atoms with Crippen LogP contribution >= 0.6 is 23.2 Å². The molecule has 0 fully saturated rings. The number of carbonyl (C=O) groups is 3. The molecule has 5 rings (SSSR count). The van der Waals surface area contributed by atoms with Crippen LogP contribution in [0.25, 0.3) is 0 Å². The SMILES string of the molecule is CC1(C(=O)O)CC(C(=O)O)=NN1c1ccc(Cl)cc1Cl.CCCC.O=C(O)C1=NOC(c2ccccc2)(c2ccccc2)C1. The summed E-state index contributed by atoms with van der Waals surface area (Å²) < 4.78 is 0. The van der Waals surface area contributed by atoms with E-state index in [-0.39, 0.29) is 35.0 Å². The van der Waals surface area contributed by atoms with Gasteiger partial charge in [0.05, 0.1) is 17.1 Å². The van der Waals surface area contributed by atoms with Gasteiger partial charge in [-0.25, -0.2) is 19.4 Å². The first kappa shape index (κ1) is 34.1. The third kappa shape index (κ3) is 7.56. The number of benzene rings is 3. The van der Waals surface area contributed by atoms with E-state index in [2.05, 4.69) is 24.1 Å². The Morgan fingerprint density at radius 2 is 1.34 bits per heavy atom. The van der Waals surface area contributed by atoms with Gasteiger partial charge in [-0.1, -0.05) is 116 Å². The average Bonchev–Trinajstić information content (AvgIpc) is 3.63. The van der Waals surface area contributed by atoms with Crippen LogP contribution in [0.5, 0.6) is 0 Å². The maximum atomic E-state index is 11.5. The molecule has 10 nitrogen and oxygen atoms in total. The largest absolute Gasteiger partial charge is 0.479 e. The van der Waals surface area contributed by atoms with E-state index >= 15 is 0 Å². The van der Waals surface area contributed by atoms with Gasteiger partial charge in [-0.05, 0) is 25.1 Å². The van der Waals surface area contributed by atoms with Crippen LogP contribution < -0.4 is 5.01 Å². The number of unbranched alkanes of at least 4 members (excludes halogenated alkanes) is 1. The lowest BCUT2D eigenvalue weighted by Crippen LogP contribution is -2.47. The number of oxime groups is 1. The Hall–Kier alpha value is -4.41. The Labute approximate surface area is 265 Å². The molecule has 0 aliphatic carbocycles. The highest BCUT2D eigenvalue weighted by Gasteiger charge is 2.48. The normalized spacial score (nSPS) is 18.0. The molecule has 12 heteroatoms. The summed E-state index contributed by atoms with van der Waals surface area (Å²) in [6, 6.07) is 23.6. The zero-order valence-corrected chi connectivity index (χ0v) is 25.9. The highest BCUT2D eigenvalue weighted by atomic mass is 35.5. The molecule has 0 bridgehead atoms. The first-order valence-electron chi connectivity index (χ1n) is 13.8. The fourth-order valence-electron chi connectivity index (χ4n) is 4.36. The molecule has 0 amide bonds. The first-order chi connectivity index (χ1) is 20.9. The number of carboxylic acid groups (broad SMARTS) is 3. The molecular weight excluding hydrogens is 609 g/mol. The van der Waals surface area contributed by atoms with E-state index in [4.69, 9.17) is 38.3 Å². The standard InChI is InChI=1S/C16H13NO3.C12H10Cl2N2O4.C4H10/c18-15(19)14-11-16(20-17-14,12-7-3-1-4-8-12)13-9-5-2-6-10-13;1-12(11(19)20)5-8(10(17)18)15-16(12)9-3-2-6(13)4-7(9)14;1-3-4-2/h1-10H,11H2,(H,18,19);2-4H,5H2,1H3,(H,17,18)(H,19,20);3-4H2,1-2H3. The van der Waals surface area contributed by atoms with E-state index in [0.29, 0.717) is 5.02 Å². The van der Waals surface area contributed by atoms with Crippen molar-refractivity contribution in [3.05, 3.63) is 100 Å². The summed E-state index contributed by atoms with van der Waals surface area (Å²) in [5.74, 6) is -3.49. The molecule has 1 unspecified atom stereocenters. The summed E-state index contributed by atoms with van der Waals surface area (Å²) in [6.45, 7) is 5.75. The van der Waals surface area contributed by atoms with E-state index in [0.717, 1.165) is 16.1 Å². The number of nitrogens with zero attached hydrogens (tertiary/aromatic N) is 3. The fourth-order valence-corrected chi connectivity index (χ4v) is 4.85. The molecule has 0 saturated heterocycles. The summed E-state index contributed by atoms with van der Waals surface area (Å²) >= 11 is 11.8. The minimum atomic E-state index is -1.51. The van der Waals surface area contributed by atoms with Gasteiger partial charge in [0, 0.05) is 22.6 Å². The van der Waals surface area contributed by atoms with Crippen molar-refractivity contribution in [1.29, 1.82) is 0 Å². The van der Waals surface area contributed by atoms with Crippen LogP contribution in [-0.2, 0) is 24.8 Å². The van der Waals surface area contributed by atoms with Crippen LogP contribution in [0.2, 0.25) is 10.0 Å². The van der Waals surface area contributed by atoms with Crippen molar-refractivity contribution in [2.45, 2.75) is 57.6 Å². The number of hydrazone groups is 1. The van der Waals surface area contributed by atoms with Crippen LogP contribution in [-0.4, -0.2) is 50.2 Å². The van der Waals surface area contributed by atoms with Gasteiger partial charge >= 0.3 is 17.9 Å².